The van der Waals surface area contributed by atoms with Crippen molar-refractivity contribution in [3.05, 3.63) is 65.2 Å². The molecule has 0 aliphatic rings. The Morgan fingerprint density at radius 1 is 1.08 bits per heavy atom. The van der Waals surface area contributed by atoms with E-state index in [1.54, 1.807) is 12.1 Å². The van der Waals surface area contributed by atoms with Crippen LogP contribution in [-0.2, 0) is 11.2 Å². The molecule has 2 N–H and O–H groups in total. The fourth-order valence-electron chi connectivity index (χ4n) is 2.50. The number of carbonyl (C=O) groups is 2. The van der Waals surface area contributed by atoms with E-state index < -0.39 is 5.97 Å². The third kappa shape index (κ3) is 5.64. The third-order valence-corrected chi connectivity index (χ3v) is 3.65. The van der Waals surface area contributed by atoms with Crippen molar-refractivity contribution >= 4 is 11.9 Å². The minimum atomic E-state index is -1.00. The summed E-state index contributed by atoms with van der Waals surface area (Å²) >= 11 is 0. The smallest absolute Gasteiger partial charge is 0.335 e. The van der Waals surface area contributed by atoms with Crippen LogP contribution in [0.15, 0.2) is 48.5 Å². The molecular weight excluding hydrogens is 318 g/mol. The van der Waals surface area contributed by atoms with Gasteiger partial charge in [0.25, 0.3) is 0 Å². The number of carboxylic acid groups (broad SMARTS) is 1. The zero-order valence-corrected chi connectivity index (χ0v) is 14.7. The lowest BCUT2D eigenvalue weighted by Gasteiger charge is -2.16. The number of aromatic carboxylic acids is 1. The molecule has 1 atom stereocenters. The van der Waals surface area contributed by atoms with Crippen molar-refractivity contribution in [2.75, 3.05) is 0 Å². The maximum Gasteiger partial charge on any atom is 0.335 e. The summed E-state index contributed by atoms with van der Waals surface area (Å²) < 4.78 is 5.67. The Morgan fingerprint density at radius 2 is 1.80 bits per heavy atom. The molecule has 0 aromatic heterocycles. The molecule has 0 bridgehead atoms. The average Bonchev–Trinajstić information content (AvgIpc) is 2.54. The van der Waals surface area contributed by atoms with Crippen LogP contribution in [0.1, 0.15) is 48.3 Å². The number of amides is 1. The molecule has 0 heterocycles. The van der Waals surface area contributed by atoms with Crippen LogP contribution >= 0.6 is 0 Å². The molecule has 0 aliphatic carbocycles. The number of carbonyl (C=O) groups excluding carboxylic acids is 1. The Bertz CT molecular complexity index is 755. The van der Waals surface area contributed by atoms with Gasteiger partial charge in [0.05, 0.1) is 24.1 Å². The van der Waals surface area contributed by atoms with Crippen molar-refractivity contribution in [3.63, 3.8) is 0 Å². The van der Waals surface area contributed by atoms with Crippen LogP contribution in [0.25, 0.3) is 0 Å². The first-order valence-corrected chi connectivity index (χ1v) is 8.23. The molecule has 2 rings (SSSR count). The molecule has 1 unspecified atom stereocenters. The molecular formula is C20H23NO4. The summed E-state index contributed by atoms with van der Waals surface area (Å²) in [4.78, 5) is 23.2. The van der Waals surface area contributed by atoms with Crippen molar-refractivity contribution in [3.8, 4) is 5.75 Å². The van der Waals surface area contributed by atoms with Crippen LogP contribution < -0.4 is 10.1 Å². The second kappa shape index (κ2) is 8.33. The Morgan fingerprint density at radius 3 is 2.48 bits per heavy atom. The van der Waals surface area contributed by atoms with Crippen molar-refractivity contribution in [1.29, 1.82) is 0 Å². The first-order chi connectivity index (χ1) is 11.8. The summed E-state index contributed by atoms with van der Waals surface area (Å²) in [5.41, 5.74) is 1.80. The molecule has 0 fully saturated rings. The fourth-order valence-corrected chi connectivity index (χ4v) is 2.50. The topological polar surface area (TPSA) is 75.6 Å². The van der Waals surface area contributed by atoms with Crippen molar-refractivity contribution in [2.45, 2.75) is 39.3 Å². The number of nitrogens with one attached hydrogen (secondary N) is 1. The van der Waals surface area contributed by atoms with Gasteiger partial charge in [0.1, 0.15) is 5.75 Å². The Labute approximate surface area is 147 Å². The summed E-state index contributed by atoms with van der Waals surface area (Å²) in [6, 6.07) is 13.9. The van der Waals surface area contributed by atoms with Gasteiger partial charge in [-0.3, -0.25) is 4.79 Å². The molecule has 0 aliphatic heterocycles. The number of ether oxygens (including phenoxy) is 1. The Balaban J connectivity index is 2.00. The standard InChI is InChI=1S/C20H23NO4/c1-13(2)25-18-9-5-7-16(12-18)14(3)21-19(22)11-15-6-4-8-17(10-15)20(23)24/h4-10,12-14H,11H2,1-3H3,(H,21,22)(H,23,24). The van der Waals surface area contributed by atoms with Gasteiger partial charge in [-0.15, -0.1) is 0 Å². The lowest BCUT2D eigenvalue weighted by atomic mass is 10.1. The van der Waals surface area contributed by atoms with Crippen LogP contribution in [0.5, 0.6) is 5.75 Å². The summed E-state index contributed by atoms with van der Waals surface area (Å²) in [7, 11) is 0. The van der Waals surface area contributed by atoms with Gasteiger partial charge in [0, 0.05) is 0 Å². The van der Waals surface area contributed by atoms with E-state index in [-0.39, 0.29) is 30.0 Å². The zero-order valence-electron chi connectivity index (χ0n) is 14.7. The number of hydrogen-bond donors (Lipinski definition) is 2. The van der Waals surface area contributed by atoms with Crippen molar-refractivity contribution in [1.82, 2.24) is 5.32 Å². The maximum absolute atomic E-state index is 12.3. The molecule has 5 nitrogen and oxygen atoms in total. The molecule has 25 heavy (non-hydrogen) atoms. The monoisotopic (exact) mass is 341 g/mol. The molecule has 0 radical (unpaired) electrons. The molecule has 5 heteroatoms. The molecule has 0 spiro atoms. The normalized spacial score (nSPS) is 11.8. The second-order valence-corrected chi connectivity index (χ2v) is 6.21. The number of rotatable bonds is 7. The molecule has 132 valence electrons. The lowest BCUT2D eigenvalue weighted by molar-refractivity contribution is -0.121. The van der Waals surface area contributed by atoms with E-state index >= 15 is 0 Å². The summed E-state index contributed by atoms with van der Waals surface area (Å²) in [5, 5.41) is 11.9. The van der Waals surface area contributed by atoms with Crippen LogP contribution in [0.2, 0.25) is 0 Å². The summed E-state index contributed by atoms with van der Waals surface area (Å²) in [5.74, 6) is -0.398. The molecule has 1 amide bonds. The molecule has 0 saturated carbocycles. The van der Waals surface area contributed by atoms with Gasteiger partial charge in [0.2, 0.25) is 5.91 Å². The van der Waals surface area contributed by atoms with E-state index in [4.69, 9.17) is 9.84 Å². The zero-order chi connectivity index (χ0) is 18.4. The number of carboxylic acids is 1. The largest absolute Gasteiger partial charge is 0.491 e. The Hall–Kier alpha value is -2.82. The highest BCUT2D eigenvalue weighted by atomic mass is 16.5. The van der Waals surface area contributed by atoms with E-state index in [1.807, 2.05) is 45.0 Å². The van der Waals surface area contributed by atoms with Gasteiger partial charge in [-0.05, 0) is 56.2 Å². The highest BCUT2D eigenvalue weighted by Crippen LogP contribution is 2.20. The molecule has 2 aromatic rings. The third-order valence-electron chi connectivity index (χ3n) is 3.65. The van der Waals surface area contributed by atoms with Crippen molar-refractivity contribution in [2.24, 2.45) is 0 Å². The maximum atomic E-state index is 12.3. The lowest BCUT2D eigenvalue weighted by Crippen LogP contribution is -2.28. The quantitative estimate of drug-likeness (QED) is 0.807. The van der Waals surface area contributed by atoms with E-state index in [0.717, 1.165) is 11.3 Å². The highest BCUT2D eigenvalue weighted by molar-refractivity contribution is 5.88. The minimum Gasteiger partial charge on any atom is -0.491 e. The molecule has 2 aromatic carbocycles. The Kier molecular flexibility index (Phi) is 6.17. The van der Waals surface area contributed by atoms with Crippen LogP contribution in [-0.4, -0.2) is 23.1 Å². The summed E-state index contributed by atoms with van der Waals surface area (Å²) in [6.07, 6.45) is 0.217. The summed E-state index contributed by atoms with van der Waals surface area (Å²) in [6.45, 7) is 5.83. The van der Waals surface area contributed by atoms with Gasteiger partial charge >= 0.3 is 5.97 Å². The van der Waals surface area contributed by atoms with E-state index in [0.29, 0.717) is 5.56 Å². The van der Waals surface area contributed by atoms with Crippen molar-refractivity contribution < 1.29 is 19.4 Å². The van der Waals surface area contributed by atoms with E-state index in [2.05, 4.69) is 5.32 Å². The second-order valence-electron chi connectivity index (χ2n) is 6.21. The molecule has 0 saturated heterocycles. The van der Waals surface area contributed by atoms with E-state index in [1.165, 1.54) is 12.1 Å². The number of benzene rings is 2. The predicted molar refractivity (Wildman–Crippen MR) is 95.9 cm³/mol. The van der Waals surface area contributed by atoms with Crippen LogP contribution in [0.3, 0.4) is 0 Å². The minimum absolute atomic E-state index is 0.0849. The predicted octanol–water partition coefficient (Wildman–Crippen LogP) is 3.59. The fraction of sp³-hybridized carbons (Fsp3) is 0.300. The highest BCUT2D eigenvalue weighted by Gasteiger charge is 2.12. The van der Waals surface area contributed by atoms with Crippen LogP contribution in [0.4, 0.5) is 0 Å². The SMILES string of the molecule is CC(C)Oc1cccc(C(C)NC(=O)Cc2cccc(C(=O)O)c2)c1. The number of hydrogen-bond acceptors (Lipinski definition) is 3. The van der Waals surface area contributed by atoms with Crippen LogP contribution in [0, 0.1) is 0 Å². The van der Waals surface area contributed by atoms with Gasteiger partial charge in [0.15, 0.2) is 0 Å². The van der Waals surface area contributed by atoms with Gasteiger partial charge in [-0.1, -0.05) is 24.3 Å². The van der Waals surface area contributed by atoms with Gasteiger partial charge in [-0.2, -0.15) is 0 Å². The average molecular weight is 341 g/mol. The van der Waals surface area contributed by atoms with Gasteiger partial charge < -0.3 is 15.2 Å². The first-order valence-electron chi connectivity index (χ1n) is 8.23. The van der Waals surface area contributed by atoms with E-state index in [9.17, 15) is 9.59 Å². The first kappa shape index (κ1) is 18.5. The van der Waals surface area contributed by atoms with Gasteiger partial charge in [-0.25, -0.2) is 4.79 Å².